The van der Waals surface area contributed by atoms with E-state index in [1.54, 1.807) is 0 Å². The van der Waals surface area contributed by atoms with Crippen LogP contribution in [0.15, 0.2) is 59.7 Å². The van der Waals surface area contributed by atoms with Crippen LogP contribution in [0.4, 0.5) is 0 Å². The number of hydrogen-bond acceptors (Lipinski definition) is 5. The molecule has 0 radical (unpaired) electrons. The van der Waals surface area contributed by atoms with Gasteiger partial charge in [0.05, 0.1) is 12.3 Å². The van der Waals surface area contributed by atoms with E-state index in [-0.39, 0.29) is 24.5 Å². The minimum absolute atomic E-state index is 0.0518. The minimum Gasteiger partial charge on any atom is -0.482 e. The molecule has 0 saturated carbocycles. The lowest BCUT2D eigenvalue weighted by molar-refractivity contribution is -0.153. The van der Waals surface area contributed by atoms with Gasteiger partial charge in [-0.3, -0.25) is 4.79 Å². The topological polar surface area (TPSA) is 68.2 Å². The van der Waals surface area contributed by atoms with Crippen LogP contribution < -0.4 is 4.74 Å². The van der Waals surface area contributed by atoms with Crippen LogP contribution >= 0.6 is 0 Å². The molecule has 2 aromatic carbocycles. The summed E-state index contributed by atoms with van der Waals surface area (Å²) in [5.41, 5.74) is 3.08. The van der Waals surface area contributed by atoms with E-state index in [0.29, 0.717) is 18.7 Å². The lowest BCUT2D eigenvalue weighted by atomic mass is 9.87. The fourth-order valence-corrected chi connectivity index (χ4v) is 2.92. The molecule has 1 aliphatic rings. The minimum atomic E-state index is -0.593. The van der Waals surface area contributed by atoms with Gasteiger partial charge in [-0.1, -0.05) is 63.2 Å². The Morgan fingerprint density at radius 2 is 1.69 bits per heavy atom. The predicted octanol–water partition coefficient (Wildman–Crippen LogP) is 3.54. The van der Waals surface area contributed by atoms with Gasteiger partial charge in [0.1, 0.15) is 5.75 Å². The van der Waals surface area contributed by atoms with Crippen molar-refractivity contribution in [1.82, 2.24) is 5.01 Å². The van der Waals surface area contributed by atoms with Crippen LogP contribution in [-0.2, 0) is 19.7 Å². The zero-order valence-electron chi connectivity index (χ0n) is 17.1. The van der Waals surface area contributed by atoms with Gasteiger partial charge in [0.25, 0.3) is 5.91 Å². The Kier molecular flexibility index (Phi) is 6.32. The van der Waals surface area contributed by atoms with E-state index in [4.69, 9.17) is 9.47 Å². The molecule has 0 saturated heterocycles. The summed E-state index contributed by atoms with van der Waals surface area (Å²) < 4.78 is 10.5. The summed E-state index contributed by atoms with van der Waals surface area (Å²) in [6.07, 6.45) is 0.678. The molecule has 1 aliphatic heterocycles. The molecule has 0 aliphatic carbocycles. The van der Waals surface area contributed by atoms with E-state index in [0.717, 1.165) is 11.3 Å². The molecule has 0 fully saturated rings. The van der Waals surface area contributed by atoms with Crippen LogP contribution in [0, 0.1) is 0 Å². The van der Waals surface area contributed by atoms with Crippen LogP contribution in [0.2, 0.25) is 0 Å². The first-order chi connectivity index (χ1) is 13.8. The second-order valence-corrected chi connectivity index (χ2v) is 7.90. The Hall–Kier alpha value is -3.15. The number of rotatable bonds is 6. The third kappa shape index (κ3) is 5.67. The van der Waals surface area contributed by atoms with Crippen molar-refractivity contribution in [2.75, 3.05) is 19.8 Å². The average Bonchev–Trinajstić information content (AvgIpc) is 3.21. The monoisotopic (exact) mass is 394 g/mol. The molecule has 0 N–H and O–H groups in total. The lowest BCUT2D eigenvalue weighted by Crippen LogP contribution is -2.29. The number of nitrogens with zero attached hydrogens (tertiary/aromatic N) is 2. The van der Waals surface area contributed by atoms with Gasteiger partial charge < -0.3 is 9.47 Å². The highest BCUT2D eigenvalue weighted by Crippen LogP contribution is 2.24. The summed E-state index contributed by atoms with van der Waals surface area (Å²) in [7, 11) is 0. The lowest BCUT2D eigenvalue weighted by Gasteiger charge is -2.19. The van der Waals surface area contributed by atoms with Gasteiger partial charge in [-0.2, -0.15) is 5.10 Å². The molecule has 6 nitrogen and oxygen atoms in total. The maximum atomic E-state index is 12.2. The molecule has 152 valence electrons. The highest BCUT2D eigenvalue weighted by Gasteiger charge is 2.22. The van der Waals surface area contributed by atoms with Crippen molar-refractivity contribution < 1.29 is 19.1 Å². The number of benzene rings is 2. The van der Waals surface area contributed by atoms with Crippen LogP contribution in [-0.4, -0.2) is 42.4 Å². The van der Waals surface area contributed by atoms with E-state index in [1.165, 1.54) is 10.6 Å². The number of ether oxygens (including phenoxy) is 2. The molecule has 6 heteroatoms. The van der Waals surface area contributed by atoms with Gasteiger partial charge >= 0.3 is 5.97 Å². The van der Waals surface area contributed by atoms with E-state index in [2.05, 4.69) is 25.9 Å². The maximum absolute atomic E-state index is 12.2. The summed E-state index contributed by atoms with van der Waals surface area (Å²) in [5, 5.41) is 5.68. The zero-order chi connectivity index (χ0) is 20.9. The molecule has 3 rings (SSSR count). The van der Waals surface area contributed by atoms with Crippen molar-refractivity contribution in [3.8, 4) is 5.75 Å². The molecular formula is C23H26N2O4. The Labute approximate surface area is 171 Å². The van der Waals surface area contributed by atoms with Crippen LogP contribution in [0.1, 0.15) is 38.3 Å². The zero-order valence-corrected chi connectivity index (χ0v) is 17.1. The van der Waals surface area contributed by atoms with Gasteiger partial charge in [-0.05, 0) is 28.7 Å². The molecular weight excluding hydrogens is 368 g/mol. The van der Waals surface area contributed by atoms with Crippen molar-refractivity contribution in [3.63, 3.8) is 0 Å². The van der Waals surface area contributed by atoms with Crippen molar-refractivity contribution >= 4 is 17.6 Å². The first kappa shape index (κ1) is 20.6. The van der Waals surface area contributed by atoms with Crippen molar-refractivity contribution in [2.24, 2.45) is 5.10 Å². The van der Waals surface area contributed by atoms with E-state index < -0.39 is 5.97 Å². The Bertz CT molecular complexity index is 883. The number of hydrogen-bond donors (Lipinski definition) is 0. The largest absolute Gasteiger partial charge is 0.482 e. The number of carbonyl (C=O) groups is 2. The maximum Gasteiger partial charge on any atom is 0.344 e. The first-order valence-electron chi connectivity index (χ1n) is 9.65. The molecule has 2 aromatic rings. The van der Waals surface area contributed by atoms with Crippen molar-refractivity contribution in [1.29, 1.82) is 0 Å². The number of esters is 1. The second-order valence-electron chi connectivity index (χ2n) is 7.90. The van der Waals surface area contributed by atoms with Crippen LogP contribution in [0.5, 0.6) is 5.75 Å². The third-order valence-corrected chi connectivity index (χ3v) is 4.63. The summed E-state index contributed by atoms with van der Waals surface area (Å²) >= 11 is 0. The smallest absolute Gasteiger partial charge is 0.344 e. The van der Waals surface area contributed by atoms with Gasteiger partial charge in [0, 0.05) is 6.42 Å². The second kappa shape index (κ2) is 8.90. The van der Waals surface area contributed by atoms with Gasteiger partial charge in [-0.15, -0.1) is 0 Å². The average molecular weight is 394 g/mol. The quantitative estimate of drug-likeness (QED) is 0.703. The number of hydrazone groups is 1. The first-order valence-corrected chi connectivity index (χ1v) is 9.65. The number of amides is 1. The fraction of sp³-hybridized carbons (Fsp3) is 0.348. The van der Waals surface area contributed by atoms with Crippen LogP contribution in [0.3, 0.4) is 0 Å². The van der Waals surface area contributed by atoms with Gasteiger partial charge in [0.15, 0.2) is 13.2 Å². The summed E-state index contributed by atoms with van der Waals surface area (Å²) in [6.45, 7) is 6.27. The Balaban J connectivity index is 1.44. The predicted molar refractivity (Wildman–Crippen MR) is 111 cm³/mol. The highest BCUT2D eigenvalue weighted by atomic mass is 16.6. The number of carbonyl (C=O) groups excluding carboxylic acids is 2. The highest BCUT2D eigenvalue weighted by molar-refractivity contribution is 6.02. The third-order valence-electron chi connectivity index (χ3n) is 4.63. The SMILES string of the molecule is CC(C)(C)c1ccc(OCC(=O)OCC(=O)N2CCC(c3ccccc3)=N2)cc1. The molecule has 1 amide bonds. The van der Waals surface area contributed by atoms with Crippen molar-refractivity contribution in [3.05, 3.63) is 65.7 Å². The molecule has 0 atom stereocenters. The van der Waals surface area contributed by atoms with Crippen molar-refractivity contribution in [2.45, 2.75) is 32.6 Å². The molecule has 0 bridgehead atoms. The summed E-state index contributed by atoms with van der Waals surface area (Å²) in [5.74, 6) is -0.360. The van der Waals surface area contributed by atoms with E-state index in [1.807, 2.05) is 54.6 Å². The molecule has 1 heterocycles. The standard InChI is InChI=1S/C23H26N2O4/c1-23(2,3)18-9-11-19(12-10-18)28-16-22(27)29-15-21(26)25-14-13-20(24-25)17-7-5-4-6-8-17/h4-12H,13-16H2,1-3H3. The molecule has 29 heavy (non-hydrogen) atoms. The van der Waals surface area contributed by atoms with Gasteiger partial charge in [-0.25, -0.2) is 9.80 Å². The fourth-order valence-electron chi connectivity index (χ4n) is 2.92. The molecule has 0 spiro atoms. The van der Waals surface area contributed by atoms with E-state index in [9.17, 15) is 9.59 Å². The Morgan fingerprint density at radius 3 is 2.34 bits per heavy atom. The summed E-state index contributed by atoms with van der Waals surface area (Å²) in [4.78, 5) is 24.1. The Morgan fingerprint density at radius 1 is 1.00 bits per heavy atom. The molecule has 0 unspecified atom stereocenters. The van der Waals surface area contributed by atoms with E-state index >= 15 is 0 Å². The summed E-state index contributed by atoms with van der Waals surface area (Å²) in [6, 6.07) is 17.3. The molecule has 0 aromatic heterocycles. The van der Waals surface area contributed by atoms with Crippen LogP contribution in [0.25, 0.3) is 0 Å². The normalized spacial score (nSPS) is 13.8. The van der Waals surface area contributed by atoms with Gasteiger partial charge in [0.2, 0.25) is 0 Å².